The summed E-state index contributed by atoms with van der Waals surface area (Å²) in [5.74, 6) is 0.296. The number of rotatable bonds is 6. The molecule has 150 valence electrons. The summed E-state index contributed by atoms with van der Waals surface area (Å²) in [6.45, 7) is -0.148. The van der Waals surface area contributed by atoms with Crippen LogP contribution in [0.4, 0.5) is 0 Å². The molecule has 0 unspecified atom stereocenters. The molecular weight excluding hydrogens is 376 g/mol. The number of carbonyl (C=O) groups is 1. The van der Waals surface area contributed by atoms with E-state index in [1.54, 1.807) is 19.3 Å². The Bertz CT molecular complexity index is 1230. The highest BCUT2D eigenvalue weighted by atomic mass is 16.5. The number of benzene rings is 1. The summed E-state index contributed by atoms with van der Waals surface area (Å²) in [5.41, 5.74) is 2.64. The minimum Gasteiger partial charge on any atom is -0.496 e. The van der Waals surface area contributed by atoms with Crippen molar-refractivity contribution in [2.45, 2.75) is 6.54 Å². The van der Waals surface area contributed by atoms with E-state index in [1.165, 1.54) is 35.8 Å². The first-order chi connectivity index (χ1) is 13.9. The number of hydrogen-bond donors (Lipinski definition) is 1. The van der Waals surface area contributed by atoms with Gasteiger partial charge < -0.3 is 9.30 Å². The van der Waals surface area contributed by atoms with Crippen LogP contribution >= 0.6 is 0 Å². The van der Waals surface area contributed by atoms with Gasteiger partial charge in [-0.2, -0.15) is 5.10 Å². The Labute approximate surface area is 165 Å². The van der Waals surface area contributed by atoms with Gasteiger partial charge in [-0.05, 0) is 18.2 Å². The first kappa shape index (κ1) is 19.8. The van der Waals surface area contributed by atoms with Crippen molar-refractivity contribution in [3.8, 4) is 5.75 Å². The molecule has 0 aliphatic heterocycles. The van der Waals surface area contributed by atoms with Crippen LogP contribution in [-0.2, 0) is 25.4 Å². The van der Waals surface area contributed by atoms with Crippen molar-refractivity contribution in [3.63, 3.8) is 0 Å². The maximum absolute atomic E-state index is 12.1. The molecule has 0 aliphatic rings. The minimum atomic E-state index is -0.512. The van der Waals surface area contributed by atoms with Crippen LogP contribution in [0.2, 0.25) is 0 Å². The SMILES string of the molecule is COc1ccccc1C=CC=NNC(=O)Cn1cnc2c(=O)n(C)c(=O)n(C)c21. The Morgan fingerprint density at radius 1 is 1.24 bits per heavy atom. The van der Waals surface area contributed by atoms with Crippen molar-refractivity contribution in [2.75, 3.05) is 7.11 Å². The quantitative estimate of drug-likeness (QED) is 0.474. The number of hydrogen-bond acceptors (Lipinski definition) is 6. The van der Waals surface area contributed by atoms with Crippen molar-refractivity contribution in [3.05, 3.63) is 63.1 Å². The minimum absolute atomic E-state index is 0.116. The number of amides is 1. The average Bonchev–Trinajstić information content (AvgIpc) is 3.14. The fourth-order valence-corrected chi connectivity index (χ4v) is 2.85. The highest BCUT2D eigenvalue weighted by molar-refractivity contribution is 5.82. The van der Waals surface area contributed by atoms with Gasteiger partial charge in [-0.1, -0.05) is 18.2 Å². The smallest absolute Gasteiger partial charge is 0.332 e. The van der Waals surface area contributed by atoms with Crippen molar-refractivity contribution >= 4 is 29.4 Å². The third-order valence-electron chi connectivity index (χ3n) is 4.29. The molecule has 1 aromatic carbocycles. The second-order valence-corrected chi connectivity index (χ2v) is 6.16. The largest absolute Gasteiger partial charge is 0.496 e. The van der Waals surface area contributed by atoms with Crippen LogP contribution in [-0.4, -0.2) is 37.9 Å². The van der Waals surface area contributed by atoms with E-state index >= 15 is 0 Å². The van der Waals surface area contributed by atoms with Crippen LogP contribution in [0.3, 0.4) is 0 Å². The second-order valence-electron chi connectivity index (χ2n) is 6.16. The Morgan fingerprint density at radius 2 is 2.00 bits per heavy atom. The van der Waals surface area contributed by atoms with Gasteiger partial charge in [-0.25, -0.2) is 15.2 Å². The fraction of sp³-hybridized carbons (Fsp3) is 0.211. The zero-order valence-electron chi connectivity index (χ0n) is 16.2. The third-order valence-corrected chi connectivity index (χ3v) is 4.29. The number of nitrogens with zero attached hydrogens (tertiary/aromatic N) is 5. The van der Waals surface area contributed by atoms with Crippen LogP contribution in [0.5, 0.6) is 5.75 Å². The molecule has 1 amide bonds. The number of hydrazone groups is 1. The summed E-state index contributed by atoms with van der Waals surface area (Å²) >= 11 is 0. The lowest BCUT2D eigenvalue weighted by atomic mass is 10.2. The van der Waals surface area contributed by atoms with Gasteiger partial charge in [0, 0.05) is 25.9 Å². The van der Waals surface area contributed by atoms with Crippen LogP contribution in [0, 0.1) is 0 Å². The van der Waals surface area contributed by atoms with Crippen LogP contribution in [0.15, 0.2) is 51.4 Å². The predicted molar refractivity (Wildman–Crippen MR) is 109 cm³/mol. The fourth-order valence-electron chi connectivity index (χ4n) is 2.85. The molecule has 0 spiro atoms. The molecule has 0 saturated carbocycles. The summed E-state index contributed by atoms with van der Waals surface area (Å²) in [4.78, 5) is 40.4. The zero-order valence-corrected chi connectivity index (χ0v) is 16.2. The summed E-state index contributed by atoms with van der Waals surface area (Å²) in [7, 11) is 4.48. The number of fused-ring (bicyclic) bond motifs is 1. The van der Waals surface area contributed by atoms with E-state index in [0.717, 1.165) is 15.9 Å². The topological polar surface area (TPSA) is 113 Å². The molecule has 10 heteroatoms. The van der Waals surface area contributed by atoms with E-state index in [2.05, 4.69) is 15.5 Å². The van der Waals surface area contributed by atoms with Gasteiger partial charge >= 0.3 is 5.69 Å². The van der Waals surface area contributed by atoms with Crippen LogP contribution in [0.1, 0.15) is 5.56 Å². The van der Waals surface area contributed by atoms with Crippen molar-refractivity contribution in [2.24, 2.45) is 19.2 Å². The Morgan fingerprint density at radius 3 is 2.76 bits per heavy atom. The summed E-state index contributed by atoms with van der Waals surface area (Å²) in [5, 5.41) is 3.85. The summed E-state index contributed by atoms with van der Waals surface area (Å²) in [6.07, 6.45) is 6.24. The van der Waals surface area contributed by atoms with E-state index in [1.807, 2.05) is 24.3 Å². The standard InChI is InChI=1S/C19H20N6O4/c1-23-17-16(18(27)24(2)19(23)28)20-12-25(17)11-15(26)22-21-10-6-8-13-7-4-5-9-14(13)29-3/h4-10,12H,11H2,1-3H3,(H,22,26). The number of aryl methyl sites for hydroxylation is 1. The molecule has 10 nitrogen and oxygen atoms in total. The normalized spacial score (nSPS) is 11.6. The monoisotopic (exact) mass is 396 g/mol. The maximum atomic E-state index is 12.1. The number of allylic oxidation sites excluding steroid dienone is 1. The lowest BCUT2D eigenvalue weighted by molar-refractivity contribution is -0.121. The molecule has 0 radical (unpaired) electrons. The van der Waals surface area contributed by atoms with Crippen molar-refractivity contribution in [1.29, 1.82) is 0 Å². The number of methoxy groups -OCH3 is 1. The third kappa shape index (κ3) is 4.00. The van der Waals surface area contributed by atoms with Gasteiger partial charge in [-0.3, -0.25) is 18.7 Å². The van der Waals surface area contributed by atoms with E-state index in [4.69, 9.17) is 4.74 Å². The number of ether oxygens (including phenoxy) is 1. The molecule has 2 aromatic heterocycles. The van der Waals surface area contributed by atoms with E-state index in [9.17, 15) is 14.4 Å². The van der Waals surface area contributed by atoms with E-state index in [-0.39, 0.29) is 17.7 Å². The van der Waals surface area contributed by atoms with Gasteiger partial charge in [0.05, 0.1) is 13.4 Å². The first-order valence-electron chi connectivity index (χ1n) is 8.66. The molecule has 0 atom stereocenters. The number of imidazole rings is 1. The Kier molecular flexibility index (Phi) is 5.72. The molecule has 0 fully saturated rings. The van der Waals surface area contributed by atoms with Gasteiger partial charge in [0.15, 0.2) is 5.52 Å². The molecule has 3 rings (SSSR count). The van der Waals surface area contributed by atoms with E-state index < -0.39 is 17.2 Å². The molecule has 3 aromatic rings. The van der Waals surface area contributed by atoms with Crippen LogP contribution in [0.25, 0.3) is 17.2 Å². The molecule has 0 aliphatic carbocycles. The maximum Gasteiger partial charge on any atom is 0.332 e. The molecule has 2 heterocycles. The number of aromatic nitrogens is 4. The molecular formula is C19H20N6O4. The predicted octanol–water partition coefficient (Wildman–Crippen LogP) is 0.258. The lowest BCUT2D eigenvalue weighted by Gasteiger charge is -2.07. The first-order valence-corrected chi connectivity index (χ1v) is 8.66. The Hall–Kier alpha value is -3.95. The van der Waals surface area contributed by atoms with Crippen molar-refractivity contribution < 1.29 is 9.53 Å². The molecule has 0 saturated heterocycles. The van der Waals surface area contributed by atoms with Crippen LogP contribution < -0.4 is 21.4 Å². The number of para-hydroxylation sites is 1. The Balaban J connectivity index is 1.69. The van der Waals surface area contributed by atoms with Crippen molar-refractivity contribution in [1.82, 2.24) is 24.1 Å². The van der Waals surface area contributed by atoms with Gasteiger partial charge in [0.25, 0.3) is 11.5 Å². The lowest BCUT2D eigenvalue weighted by Crippen LogP contribution is -2.37. The average molecular weight is 396 g/mol. The molecule has 0 bridgehead atoms. The van der Waals surface area contributed by atoms with Gasteiger partial charge in [0.1, 0.15) is 17.9 Å². The summed E-state index contributed by atoms with van der Waals surface area (Å²) in [6, 6.07) is 7.49. The number of nitrogens with one attached hydrogen (secondary N) is 1. The number of carbonyl (C=O) groups excluding carboxylic acids is 1. The van der Waals surface area contributed by atoms with E-state index in [0.29, 0.717) is 0 Å². The second kappa shape index (κ2) is 8.38. The molecule has 29 heavy (non-hydrogen) atoms. The highest BCUT2D eigenvalue weighted by Gasteiger charge is 2.15. The zero-order chi connectivity index (χ0) is 21.0. The summed E-state index contributed by atoms with van der Waals surface area (Å²) < 4.78 is 8.91. The molecule has 1 N–H and O–H groups in total. The van der Waals surface area contributed by atoms with Gasteiger partial charge in [-0.15, -0.1) is 0 Å². The highest BCUT2D eigenvalue weighted by Crippen LogP contribution is 2.18. The van der Waals surface area contributed by atoms with Gasteiger partial charge in [0.2, 0.25) is 0 Å².